The van der Waals surface area contributed by atoms with Gasteiger partial charge in [0.25, 0.3) is 0 Å². The van der Waals surface area contributed by atoms with Crippen molar-refractivity contribution in [3.8, 4) is 0 Å². The number of hydrogen-bond donors (Lipinski definition) is 1. The van der Waals surface area contributed by atoms with Gasteiger partial charge in [-0.25, -0.2) is 0 Å². The molecule has 0 aliphatic carbocycles. The van der Waals surface area contributed by atoms with Crippen LogP contribution in [0.25, 0.3) is 10.9 Å². The number of anilines is 1. The van der Waals surface area contributed by atoms with Gasteiger partial charge in [0.05, 0.1) is 15.8 Å². The maximum Gasteiger partial charge on any atom is 0.301 e. The number of nitro groups is 1. The number of aromatic nitrogens is 1. The second-order valence-corrected chi connectivity index (χ2v) is 5.61. The molecule has 0 unspecified atom stereocenters. The predicted molar refractivity (Wildman–Crippen MR) is 85.6 cm³/mol. The van der Waals surface area contributed by atoms with Crippen LogP contribution in [-0.4, -0.2) is 16.5 Å². The molecule has 1 aromatic carbocycles. The summed E-state index contributed by atoms with van der Waals surface area (Å²) in [6.45, 7) is 5.16. The minimum absolute atomic E-state index is 0.115. The molecule has 0 radical (unpaired) electrons. The number of benzene rings is 1. The van der Waals surface area contributed by atoms with E-state index in [0.717, 1.165) is 19.4 Å². The zero-order valence-electron chi connectivity index (χ0n) is 12.5. The van der Waals surface area contributed by atoms with E-state index in [9.17, 15) is 10.1 Å². The van der Waals surface area contributed by atoms with Crippen LogP contribution in [0, 0.1) is 16.0 Å². The molecule has 0 atom stereocenters. The van der Waals surface area contributed by atoms with Crippen LogP contribution in [0.15, 0.2) is 30.5 Å². The van der Waals surface area contributed by atoms with Crippen molar-refractivity contribution in [2.75, 3.05) is 11.9 Å². The lowest BCUT2D eigenvalue weighted by molar-refractivity contribution is -0.382. The van der Waals surface area contributed by atoms with Gasteiger partial charge in [-0.15, -0.1) is 0 Å². The molecular formula is C16H21N3O2. The van der Waals surface area contributed by atoms with Crippen LogP contribution in [0.1, 0.15) is 33.1 Å². The average molecular weight is 287 g/mol. The van der Waals surface area contributed by atoms with Gasteiger partial charge < -0.3 is 5.32 Å². The molecule has 1 N–H and O–H groups in total. The highest BCUT2D eigenvalue weighted by Gasteiger charge is 2.18. The molecule has 21 heavy (non-hydrogen) atoms. The standard InChI is InChI=1S/C16H21N3O2/c1-12(2)6-3-4-10-18-15-9-8-14-13(7-5-11-17-14)16(15)19(20)21/h5,7-9,11-12,18H,3-4,6,10H2,1-2H3. The Labute approximate surface area is 124 Å². The lowest BCUT2D eigenvalue weighted by Gasteiger charge is -2.09. The van der Waals surface area contributed by atoms with E-state index in [0.29, 0.717) is 22.5 Å². The van der Waals surface area contributed by atoms with E-state index < -0.39 is 0 Å². The largest absolute Gasteiger partial charge is 0.379 e. The van der Waals surface area contributed by atoms with Crippen molar-refractivity contribution < 1.29 is 4.92 Å². The first-order chi connectivity index (χ1) is 10.1. The van der Waals surface area contributed by atoms with E-state index in [-0.39, 0.29) is 10.6 Å². The number of rotatable bonds is 7. The van der Waals surface area contributed by atoms with Crippen molar-refractivity contribution in [3.63, 3.8) is 0 Å². The summed E-state index contributed by atoms with van der Waals surface area (Å²) < 4.78 is 0. The van der Waals surface area contributed by atoms with Crippen LogP contribution in [0.2, 0.25) is 0 Å². The highest BCUT2D eigenvalue weighted by Crippen LogP contribution is 2.32. The van der Waals surface area contributed by atoms with E-state index in [1.54, 1.807) is 24.4 Å². The first-order valence-corrected chi connectivity index (χ1v) is 7.35. The highest BCUT2D eigenvalue weighted by atomic mass is 16.6. The van der Waals surface area contributed by atoms with Gasteiger partial charge in [0.1, 0.15) is 5.69 Å². The second-order valence-electron chi connectivity index (χ2n) is 5.61. The molecule has 0 aliphatic heterocycles. The molecule has 1 heterocycles. The Morgan fingerprint density at radius 3 is 2.81 bits per heavy atom. The molecular weight excluding hydrogens is 266 g/mol. The second kappa shape index (κ2) is 7.02. The van der Waals surface area contributed by atoms with Gasteiger partial charge in [0.2, 0.25) is 0 Å². The zero-order valence-corrected chi connectivity index (χ0v) is 12.5. The van der Waals surface area contributed by atoms with Crippen LogP contribution in [0.3, 0.4) is 0 Å². The Bertz CT molecular complexity index is 626. The first-order valence-electron chi connectivity index (χ1n) is 7.35. The number of nitro benzene ring substituents is 1. The van der Waals surface area contributed by atoms with Crippen molar-refractivity contribution in [3.05, 3.63) is 40.6 Å². The Morgan fingerprint density at radius 2 is 2.10 bits per heavy atom. The summed E-state index contributed by atoms with van der Waals surface area (Å²) >= 11 is 0. The SMILES string of the molecule is CC(C)CCCCNc1ccc2ncccc2c1[N+](=O)[O-]. The maximum absolute atomic E-state index is 11.4. The Kier molecular flexibility index (Phi) is 5.09. The molecule has 2 rings (SSSR count). The molecule has 0 fully saturated rings. The normalized spacial score (nSPS) is 11.0. The van der Waals surface area contributed by atoms with Gasteiger partial charge in [-0.1, -0.05) is 26.7 Å². The van der Waals surface area contributed by atoms with Crippen LogP contribution in [0.5, 0.6) is 0 Å². The summed E-state index contributed by atoms with van der Waals surface area (Å²) in [5, 5.41) is 15.1. The fraction of sp³-hybridized carbons (Fsp3) is 0.438. The van der Waals surface area contributed by atoms with Gasteiger partial charge in [0.15, 0.2) is 0 Å². The average Bonchev–Trinajstić information content (AvgIpc) is 2.45. The van der Waals surface area contributed by atoms with Crippen LogP contribution >= 0.6 is 0 Å². The number of nitrogens with zero attached hydrogens (tertiary/aromatic N) is 2. The quantitative estimate of drug-likeness (QED) is 0.466. The molecule has 0 aliphatic rings. The van der Waals surface area contributed by atoms with E-state index >= 15 is 0 Å². The highest BCUT2D eigenvalue weighted by molar-refractivity contribution is 5.94. The van der Waals surface area contributed by atoms with Gasteiger partial charge >= 0.3 is 5.69 Å². The van der Waals surface area contributed by atoms with Gasteiger partial charge in [-0.2, -0.15) is 0 Å². The molecule has 0 saturated carbocycles. The lowest BCUT2D eigenvalue weighted by atomic mass is 10.1. The van der Waals surface area contributed by atoms with Crippen molar-refractivity contribution in [2.45, 2.75) is 33.1 Å². The molecule has 112 valence electrons. The Hall–Kier alpha value is -2.17. The fourth-order valence-electron chi connectivity index (χ4n) is 2.38. The number of unbranched alkanes of at least 4 members (excludes halogenated alkanes) is 1. The lowest BCUT2D eigenvalue weighted by Crippen LogP contribution is -2.05. The Morgan fingerprint density at radius 1 is 1.29 bits per heavy atom. The minimum Gasteiger partial charge on any atom is -0.379 e. The third-order valence-electron chi connectivity index (χ3n) is 3.46. The summed E-state index contributed by atoms with van der Waals surface area (Å²) in [5.74, 6) is 0.700. The van der Waals surface area contributed by atoms with E-state index in [2.05, 4.69) is 24.1 Å². The summed E-state index contributed by atoms with van der Waals surface area (Å²) in [6.07, 6.45) is 4.98. The summed E-state index contributed by atoms with van der Waals surface area (Å²) in [4.78, 5) is 15.2. The smallest absolute Gasteiger partial charge is 0.301 e. The third-order valence-corrected chi connectivity index (χ3v) is 3.46. The van der Waals surface area contributed by atoms with Crippen molar-refractivity contribution in [2.24, 2.45) is 5.92 Å². The monoisotopic (exact) mass is 287 g/mol. The van der Waals surface area contributed by atoms with Crippen molar-refractivity contribution in [1.29, 1.82) is 0 Å². The minimum atomic E-state index is -0.333. The molecule has 0 bridgehead atoms. The number of nitrogens with one attached hydrogen (secondary N) is 1. The van der Waals surface area contributed by atoms with E-state index in [1.807, 2.05) is 6.07 Å². The van der Waals surface area contributed by atoms with Crippen LogP contribution < -0.4 is 5.32 Å². The first kappa shape index (κ1) is 15.2. The van der Waals surface area contributed by atoms with Crippen LogP contribution in [0.4, 0.5) is 11.4 Å². The number of pyridine rings is 1. The van der Waals surface area contributed by atoms with Crippen molar-refractivity contribution >= 4 is 22.3 Å². The molecule has 2 aromatic rings. The fourth-order valence-corrected chi connectivity index (χ4v) is 2.38. The molecule has 0 saturated heterocycles. The van der Waals surface area contributed by atoms with Crippen LogP contribution in [-0.2, 0) is 0 Å². The Balaban J connectivity index is 2.12. The van der Waals surface area contributed by atoms with Gasteiger partial charge in [0, 0.05) is 12.7 Å². The molecule has 0 amide bonds. The van der Waals surface area contributed by atoms with E-state index in [1.165, 1.54) is 6.42 Å². The third kappa shape index (κ3) is 3.90. The molecule has 5 heteroatoms. The van der Waals surface area contributed by atoms with Gasteiger partial charge in [-0.05, 0) is 36.6 Å². The summed E-state index contributed by atoms with van der Waals surface area (Å²) in [5.41, 5.74) is 1.34. The topological polar surface area (TPSA) is 68.1 Å². The van der Waals surface area contributed by atoms with Crippen molar-refractivity contribution in [1.82, 2.24) is 4.98 Å². The summed E-state index contributed by atoms with van der Waals surface area (Å²) in [7, 11) is 0. The summed E-state index contributed by atoms with van der Waals surface area (Å²) in [6, 6.07) is 7.03. The predicted octanol–water partition coefficient (Wildman–Crippen LogP) is 4.38. The maximum atomic E-state index is 11.4. The van der Waals surface area contributed by atoms with Gasteiger partial charge in [-0.3, -0.25) is 15.1 Å². The zero-order chi connectivity index (χ0) is 15.2. The number of hydrogen-bond acceptors (Lipinski definition) is 4. The van der Waals surface area contributed by atoms with E-state index in [4.69, 9.17) is 0 Å². The molecule has 1 aromatic heterocycles. The number of fused-ring (bicyclic) bond motifs is 1. The molecule has 5 nitrogen and oxygen atoms in total. The molecule has 0 spiro atoms.